The van der Waals surface area contributed by atoms with Gasteiger partial charge < -0.3 is 9.73 Å². The number of rotatable bonds is 6. The van der Waals surface area contributed by atoms with Gasteiger partial charge in [0.25, 0.3) is 5.91 Å². The van der Waals surface area contributed by atoms with Crippen molar-refractivity contribution < 1.29 is 17.6 Å². The van der Waals surface area contributed by atoms with Crippen LogP contribution in [0.25, 0.3) is 0 Å². The molecule has 1 N–H and O–H groups in total. The molecule has 0 radical (unpaired) electrons. The predicted octanol–water partition coefficient (Wildman–Crippen LogP) is 2.56. The fourth-order valence-electron chi connectivity index (χ4n) is 2.02. The van der Waals surface area contributed by atoms with Gasteiger partial charge in [0, 0.05) is 18.8 Å². The molecule has 2 aromatic rings. The first-order chi connectivity index (χ1) is 10.5. The normalized spacial score (nSPS) is 11.6. The molecule has 0 spiro atoms. The molecular formula is C15H18N2O4S. The number of hydrogen-bond donors (Lipinski definition) is 1. The van der Waals surface area contributed by atoms with Crippen molar-refractivity contribution in [2.45, 2.75) is 18.7 Å². The van der Waals surface area contributed by atoms with Gasteiger partial charge in [-0.25, -0.2) is 8.42 Å². The van der Waals surface area contributed by atoms with Crippen LogP contribution in [0.2, 0.25) is 0 Å². The average molecular weight is 322 g/mol. The van der Waals surface area contributed by atoms with E-state index in [0.717, 1.165) is 0 Å². The Hall–Kier alpha value is -2.12. The summed E-state index contributed by atoms with van der Waals surface area (Å²) in [6.07, 6.45) is 2.75. The lowest BCUT2D eigenvalue weighted by molar-refractivity contribution is 0.102. The van der Waals surface area contributed by atoms with Crippen LogP contribution >= 0.6 is 0 Å². The Kier molecular flexibility index (Phi) is 4.99. The summed E-state index contributed by atoms with van der Waals surface area (Å²) >= 11 is 0. The Morgan fingerprint density at radius 1 is 1.14 bits per heavy atom. The molecule has 1 aromatic heterocycles. The van der Waals surface area contributed by atoms with E-state index in [2.05, 4.69) is 5.32 Å². The van der Waals surface area contributed by atoms with Gasteiger partial charge in [-0.2, -0.15) is 4.31 Å². The van der Waals surface area contributed by atoms with Crippen LogP contribution in [0.15, 0.2) is 52.2 Å². The molecule has 118 valence electrons. The maximum Gasteiger partial charge on any atom is 0.258 e. The van der Waals surface area contributed by atoms with E-state index in [1.54, 1.807) is 32.0 Å². The fraction of sp³-hybridized carbons (Fsp3) is 0.267. The van der Waals surface area contributed by atoms with Crippen LogP contribution < -0.4 is 5.32 Å². The second kappa shape index (κ2) is 6.76. The lowest BCUT2D eigenvalue weighted by Gasteiger charge is -2.18. The van der Waals surface area contributed by atoms with Gasteiger partial charge in [-0.1, -0.05) is 13.8 Å². The molecule has 0 atom stereocenters. The molecule has 0 bridgehead atoms. The number of anilines is 1. The summed E-state index contributed by atoms with van der Waals surface area (Å²) in [7, 11) is -3.48. The van der Waals surface area contributed by atoms with Crippen molar-refractivity contribution >= 4 is 21.6 Å². The molecule has 7 heteroatoms. The quantitative estimate of drug-likeness (QED) is 0.886. The van der Waals surface area contributed by atoms with Crippen LogP contribution in [0.1, 0.15) is 24.2 Å². The Balaban J connectivity index is 2.15. The molecule has 0 fully saturated rings. The summed E-state index contributed by atoms with van der Waals surface area (Å²) in [5.41, 5.74) is 0.921. The third-order valence-corrected chi connectivity index (χ3v) is 5.30. The molecule has 0 aliphatic heterocycles. The van der Waals surface area contributed by atoms with Crippen molar-refractivity contribution in [2.75, 3.05) is 18.4 Å². The van der Waals surface area contributed by atoms with E-state index in [-0.39, 0.29) is 10.8 Å². The SMILES string of the molecule is CCN(CC)S(=O)(=O)c1ccc(NC(=O)c2ccoc2)cc1. The van der Waals surface area contributed by atoms with Crippen LogP contribution in [0.5, 0.6) is 0 Å². The molecule has 0 saturated carbocycles. The first kappa shape index (κ1) is 16.3. The van der Waals surface area contributed by atoms with Gasteiger partial charge >= 0.3 is 0 Å². The van der Waals surface area contributed by atoms with Crippen molar-refractivity contribution in [3.8, 4) is 0 Å². The number of carbonyl (C=O) groups is 1. The summed E-state index contributed by atoms with van der Waals surface area (Å²) in [6.45, 7) is 4.41. The maximum atomic E-state index is 12.3. The fourth-order valence-corrected chi connectivity index (χ4v) is 3.48. The minimum Gasteiger partial charge on any atom is -0.472 e. The zero-order valence-electron chi connectivity index (χ0n) is 12.4. The molecule has 0 aliphatic carbocycles. The van der Waals surface area contributed by atoms with E-state index in [0.29, 0.717) is 24.3 Å². The Bertz CT molecular complexity index is 717. The average Bonchev–Trinajstić information content (AvgIpc) is 3.03. The summed E-state index contributed by atoms with van der Waals surface area (Å²) in [6, 6.07) is 7.65. The lowest BCUT2D eigenvalue weighted by atomic mass is 10.3. The Morgan fingerprint density at radius 3 is 2.27 bits per heavy atom. The third-order valence-electron chi connectivity index (χ3n) is 3.24. The zero-order valence-corrected chi connectivity index (χ0v) is 13.3. The van der Waals surface area contributed by atoms with E-state index in [1.807, 2.05) is 0 Å². The number of nitrogens with one attached hydrogen (secondary N) is 1. The Morgan fingerprint density at radius 2 is 1.77 bits per heavy atom. The van der Waals surface area contributed by atoms with Crippen molar-refractivity contribution in [1.29, 1.82) is 0 Å². The molecular weight excluding hydrogens is 304 g/mol. The molecule has 2 rings (SSSR count). The predicted molar refractivity (Wildman–Crippen MR) is 83.2 cm³/mol. The van der Waals surface area contributed by atoms with Crippen molar-refractivity contribution in [2.24, 2.45) is 0 Å². The van der Waals surface area contributed by atoms with Crippen LogP contribution in [0.3, 0.4) is 0 Å². The van der Waals surface area contributed by atoms with E-state index in [4.69, 9.17) is 4.42 Å². The van der Waals surface area contributed by atoms with Gasteiger partial charge in [-0.15, -0.1) is 0 Å². The van der Waals surface area contributed by atoms with Gasteiger partial charge in [0.2, 0.25) is 10.0 Å². The zero-order chi connectivity index (χ0) is 16.2. The lowest BCUT2D eigenvalue weighted by Crippen LogP contribution is -2.30. The second-order valence-electron chi connectivity index (χ2n) is 4.58. The molecule has 6 nitrogen and oxygen atoms in total. The standard InChI is InChI=1S/C15H18N2O4S/c1-3-17(4-2)22(19,20)14-7-5-13(6-8-14)16-15(18)12-9-10-21-11-12/h5-11H,3-4H2,1-2H3,(H,16,18). The highest BCUT2D eigenvalue weighted by Gasteiger charge is 2.21. The highest BCUT2D eigenvalue weighted by Crippen LogP contribution is 2.18. The third kappa shape index (κ3) is 3.37. The minimum atomic E-state index is -3.48. The van der Waals surface area contributed by atoms with Crippen LogP contribution in [-0.2, 0) is 10.0 Å². The van der Waals surface area contributed by atoms with Gasteiger partial charge in [-0.05, 0) is 30.3 Å². The Labute approximate surface area is 129 Å². The van der Waals surface area contributed by atoms with Crippen LogP contribution in [-0.4, -0.2) is 31.7 Å². The van der Waals surface area contributed by atoms with Gasteiger partial charge in [0.1, 0.15) is 6.26 Å². The van der Waals surface area contributed by atoms with Crippen molar-refractivity contribution in [3.05, 3.63) is 48.4 Å². The molecule has 0 unspecified atom stereocenters. The van der Waals surface area contributed by atoms with Crippen molar-refractivity contribution in [3.63, 3.8) is 0 Å². The highest BCUT2D eigenvalue weighted by atomic mass is 32.2. The summed E-state index contributed by atoms with van der Waals surface area (Å²) in [4.78, 5) is 12.1. The number of furan rings is 1. The van der Waals surface area contributed by atoms with E-state index < -0.39 is 10.0 Å². The van der Waals surface area contributed by atoms with E-state index in [9.17, 15) is 13.2 Å². The molecule has 1 heterocycles. The monoisotopic (exact) mass is 322 g/mol. The molecule has 0 aliphatic rings. The summed E-state index contributed by atoms with van der Waals surface area (Å²) in [5.74, 6) is -0.312. The largest absolute Gasteiger partial charge is 0.472 e. The van der Waals surface area contributed by atoms with Crippen LogP contribution in [0.4, 0.5) is 5.69 Å². The van der Waals surface area contributed by atoms with Crippen molar-refractivity contribution in [1.82, 2.24) is 4.31 Å². The second-order valence-corrected chi connectivity index (χ2v) is 6.52. The number of nitrogens with zero attached hydrogens (tertiary/aromatic N) is 1. The van der Waals surface area contributed by atoms with E-state index >= 15 is 0 Å². The van der Waals surface area contributed by atoms with Crippen LogP contribution in [0, 0.1) is 0 Å². The number of benzene rings is 1. The number of sulfonamides is 1. The molecule has 1 aromatic carbocycles. The number of hydrogen-bond acceptors (Lipinski definition) is 4. The van der Waals surface area contributed by atoms with Gasteiger partial charge in [-0.3, -0.25) is 4.79 Å². The first-order valence-corrected chi connectivity index (χ1v) is 8.36. The number of carbonyl (C=O) groups excluding carboxylic acids is 1. The summed E-state index contributed by atoms with van der Waals surface area (Å²) < 4.78 is 30.9. The number of amides is 1. The highest BCUT2D eigenvalue weighted by molar-refractivity contribution is 7.89. The maximum absolute atomic E-state index is 12.3. The minimum absolute atomic E-state index is 0.206. The topological polar surface area (TPSA) is 79.6 Å². The molecule has 22 heavy (non-hydrogen) atoms. The molecule has 1 amide bonds. The first-order valence-electron chi connectivity index (χ1n) is 6.92. The van der Waals surface area contributed by atoms with Gasteiger partial charge in [0.15, 0.2) is 0 Å². The summed E-state index contributed by atoms with van der Waals surface area (Å²) in [5, 5.41) is 2.67. The van der Waals surface area contributed by atoms with E-state index in [1.165, 1.54) is 29.0 Å². The van der Waals surface area contributed by atoms with Gasteiger partial charge in [0.05, 0.1) is 16.7 Å². The smallest absolute Gasteiger partial charge is 0.258 e. The molecule has 0 saturated heterocycles.